The van der Waals surface area contributed by atoms with Crippen LogP contribution < -0.4 is 19.5 Å². The SMILES string of the molecule is COc1cc(C(=O)N[C@H]2CCS(=O)(=O)C2)cc(OC)c1OC. The number of hydrogen-bond acceptors (Lipinski definition) is 6. The predicted octanol–water partition coefficient (Wildman–Crippen LogP) is 0.629. The van der Waals surface area contributed by atoms with E-state index in [9.17, 15) is 13.2 Å². The Balaban J connectivity index is 2.23. The summed E-state index contributed by atoms with van der Waals surface area (Å²) in [6, 6.07) is 2.69. The van der Waals surface area contributed by atoms with Crippen molar-refractivity contribution >= 4 is 15.7 Å². The number of methoxy groups -OCH3 is 3. The molecule has 1 heterocycles. The highest BCUT2D eigenvalue weighted by atomic mass is 32.2. The van der Waals surface area contributed by atoms with Gasteiger partial charge in [0.25, 0.3) is 5.91 Å². The smallest absolute Gasteiger partial charge is 0.251 e. The molecule has 0 unspecified atom stereocenters. The average Bonchev–Trinajstić information content (AvgIpc) is 2.84. The summed E-state index contributed by atoms with van der Waals surface area (Å²) in [4.78, 5) is 12.3. The molecule has 1 aliphatic rings. The summed E-state index contributed by atoms with van der Waals surface area (Å²) in [5, 5.41) is 2.72. The van der Waals surface area contributed by atoms with E-state index in [0.29, 0.717) is 29.2 Å². The molecular weight excluding hydrogens is 310 g/mol. The van der Waals surface area contributed by atoms with Crippen molar-refractivity contribution in [2.24, 2.45) is 0 Å². The van der Waals surface area contributed by atoms with E-state index in [4.69, 9.17) is 14.2 Å². The molecule has 7 nitrogen and oxygen atoms in total. The van der Waals surface area contributed by atoms with Gasteiger partial charge in [0.05, 0.1) is 32.8 Å². The number of ether oxygens (including phenoxy) is 3. The summed E-state index contributed by atoms with van der Waals surface area (Å²) in [6.45, 7) is 0. The Morgan fingerprint density at radius 2 is 1.73 bits per heavy atom. The van der Waals surface area contributed by atoms with E-state index in [1.807, 2.05) is 0 Å². The van der Waals surface area contributed by atoms with Crippen LogP contribution in [-0.4, -0.2) is 53.2 Å². The summed E-state index contributed by atoms with van der Waals surface area (Å²) >= 11 is 0. The van der Waals surface area contributed by atoms with Crippen molar-refractivity contribution in [3.8, 4) is 17.2 Å². The van der Waals surface area contributed by atoms with Gasteiger partial charge in [0.2, 0.25) is 5.75 Å². The number of nitrogens with one attached hydrogen (secondary N) is 1. The van der Waals surface area contributed by atoms with E-state index >= 15 is 0 Å². The summed E-state index contributed by atoms with van der Waals surface area (Å²) in [7, 11) is 1.35. The molecule has 1 atom stereocenters. The maximum Gasteiger partial charge on any atom is 0.251 e. The molecule has 1 aromatic carbocycles. The Morgan fingerprint density at radius 3 is 2.14 bits per heavy atom. The van der Waals surface area contributed by atoms with Crippen LogP contribution in [0.5, 0.6) is 17.2 Å². The zero-order chi connectivity index (χ0) is 16.3. The lowest BCUT2D eigenvalue weighted by atomic mass is 10.1. The van der Waals surface area contributed by atoms with Gasteiger partial charge in [0.15, 0.2) is 21.3 Å². The van der Waals surface area contributed by atoms with Gasteiger partial charge in [0, 0.05) is 11.6 Å². The monoisotopic (exact) mass is 329 g/mol. The molecule has 1 N–H and O–H groups in total. The van der Waals surface area contributed by atoms with Gasteiger partial charge in [-0.1, -0.05) is 0 Å². The molecule has 0 bridgehead atoms. The van der Waals surface area contributed by atoms with E-state index in [1.54, 1.807) is 0 Å². The number of hydrogen-bond donors (Lipinski definition) is 1. The standard InChI is InChI=1S/C14H19NO6S/c1-19-11-6-9(7-12(20-2)13(11)21-3)14(16)15-10-4-5-22(17,18)8-10/h6-7,10H,4-5,8H2,1-3H3,(H,15,16)/t10-/m0/s1. The number of carbonyl (C=O) groups excluding carboxylic acids is 1. The van der Waals surface area contributed by atoms with E-state index in [-0.39, 0.29) is 23.5 Å². The Labute approximate surface area is 129 Å². The van der Waals surface area contributed by atoms with Crippen LogP contribution in [0.4, 0.5) is 0 Å². The van der Waals surface area contributed by atoms with E-state index in [2.05, 4.69) is 5.32 Å². The lowest BCUT2D eigenvalue weighted by Gasteiger charge is -2.15. The molecule has 1 saturated heterocycles. The highest BCUT2D eigenvalue weighted by molar-refractivity contribution is 7.91. The molecule has 122 valence electrons. The first kappa shape index (κ1) is 16.4. The van der Waals surface area contributed by atoms with Crippen LogP contribution >= 0.6 is 0 Å². The van der Waals surface area contributed by atoms with E-state index in [1.165, 1.54) is 33.5 Å². The van der Waals surface area contributed by atoms with Crippen molar-refractivity contribution in [3.05, 3.63) is 17.7 Å². The second-order valence-corrected chi connectivity index (χ2v) is 7.22. The van der Waals surface area contributed by atoms with Crippen molar-refractivity contribution < 1.29 is 27.4 Å². The Bertz CT molecular complexity index is 645. The molecule has 2 rings (SSSR count). The van der Waals surface area contributed by atoms with Crippen LogP contribution in [0.1, 0.15) is 16.8 Å². The maximum absolute atomic E-state index is 12.3. The first-order valence-electron chi connectivity index (χ1n) is 6.71. The van der Waals surface area contributed by atoms with Crippen molar-refractivity contribution in [2.45, 2.75) is 12.5 Å². The van der Waals surface area contributed by atoms with Crippen LogP contribution in [0.2, 0.25) is 0 Å². The molecule has 1 aliphatic heterocycles. The molecule has 0 saturated carbocycles. The molecule has 1 amide bonds. The fourth-order valence-electron chi connectivity index (χ4n) is 2.39. The summed E-state index contributed by atoms with van der Waals surface area (Å²) in [6.07, 6.45) is 0.429. The minimum Gasteiger partial charge on any atom is -0.493 e. The molecule has 0 spiro atoms. The van der Waals surface area contributed by atoms with Gasteiger partial charge in [-0.3, -0.25) is 4.79 Å². The molecule has 0 aliphatic carbocycles. The van der Waals surface area contributed by atoms with Gasteiger partial charge in [-0.15, -0.1) is 0 Å². The number of sulfone groups is 1. The fourth-order valence-corrected chi connectivity index (χ4v) is 4.06. The van der Waals surface area contributed by atoms with Gasteiger partial charge in [-0.2, -0.15) is 0 Å². The number of rotatable bonds is 5. The van der Waals surface area contributed by atoms with Crippen LogP contribution in [0.25, 0.3) is 0 Å². The normalized spacial score (nSPS) is 19.5. The summed E-state index contributed by atoms with van der Waals surface area (Å²) < 4.78 is 38.4. The highest BCUT2D eigenvalue weighted by Crippen LogP contribution is 2.38. The molecule has 0 radical (unpaired) electrons. The van der Waals surface area contributed by atoms with Crippen molar-refractivity contribution in [3.63, 3.8) is 0 Å². The zero-order valence-corrected chi connectivity index (χ0v) is 13.5. The van der Waals surface area contributed by atoms with Gasteiger partial charge >= 0.3 is 0 Å². The lowest BCUT2D eigenvalue weighted by molar-refractivity contribution is 0.0940. The molecule has 0 aromatic heterocycles. The molecule has 1 fully saturated rings. The third kappa shape index (κ3) is 3.44. The summed E-state index contributed by atoms with van der Waals surface area (Å²) in [5.41, 5.74) is 0.318. The largest absolute Gasteiger partial charge is 0.493 e. The minimum atomic E-state index is -3.04. The summed E-state index contributed by atoms with van der Waals surface area (Å²) in [5.74, 6) is 0.833. The van der Waals surface area contributed by atoms with E-state index < -0.39 is 9.84 Å². The van der Waals surface area contributed by atoms with Crippen LogP contribution in [0, 0.1) is 0 Å². The Hall–Kier alpha value is -1.96. The number of benzene rings is 1. The second-order valence-electron chi connectivity index (χ2n) is 4.99. The quantitative estimate of drug-likeness (QED) is 0.852. The second kappa shape index (κ2) is 6.43. The van der Waals surface area contributed by atoms with Crippen LogP contribution in [-0.2, 0) is 9.84 Å². The zero-order valence-electron chi connectivity index (χ0n) is 12.7. The lowest BCUT2D eigenvalue weighted by Crippen LogP contribution is -2.35. The fraction of sp³-hybridized carbons (Fsp3) is 0.500. The number of carbonyl (C=O) groups is 1. The average molecular weight is 329 g/mol. The highest BCUT2D eigenvalue weighted by Gasteiger charge is 2.29. The van der Waals surface area contributed by atoms with Gasteiger partial charge in [-0.05, 0) is 18.6 Å². The molecule has 1 aromatic rings. The molecular formula is C14H19NO6S. The predicted molar refractivity (Wildman–Crippen MR) is 80.6 cm³/mol. The van der Waals surface area contributed by atoms with Crippen molar-refractivity contribution in [1.29, 1.82) is 0 Å². The number of amides is 1. The van der Waals surface area contributed by atoms with Gasteiger partial charge in [-0.25, -0.2) is 8.42 Å². The van der Waals surface area contributed by atoms with Gasteiger partial charge < -0.3 is 19.5 Å². The Morgan fingerprint density at radius 1 is 1.14 bits per heavy atom. The molecule has 22 heavy (non-hydrogen) atoms. The van der Waals surface area contributed by atoms with E-state index in [0.717, 1.165) is 0 Å². The maximum atomic E-state index is 12.3. The Kier molecular flexibility index (Phi) is 4.80. The molecule has 8 heteroatoms. The van der Waals surface area contributed by atoms with Crippen molar-refractivity contribution in [2.75, 3.05) is 32.8 Å². The van der Waals surface area contributed by atoms with Crippen LogP contribution in [0.3, 0.4) is 0 Å². The van der Waals surface area contributed by atoms with Crippen LogP contribution in [0.15, 0.2) is 12.1 Å². The first-order chi connectivity index (χ1) is 10.4. The topological polar surface area (TPSA) is 90.9 Å². The third-order valence-electron chi connectivity index (χ3n) is 3.49. The van der Waals surface area contributed by atoms with Crippen molar-refractivity contribution in [1.82, 2.24) is 5.32 Å². The van der Waals surface area contributed by atoms with Gasteiger partial charge in [0.1, 0.15) is 0 Å². The first-order valence-corrected chi connectivity index (χ1v) is 8.53. The minimum absolute atomic E-state index is 0.0246. The third-order valence-corrected chi connectivity index (χ3v) is 5.26.